The second-order valence-corrected chi connectivity index (χ2v) is 7.35. The Morgan fingerprint density at radius 1 is 1.07 bits per heavy atom. The van der Waals surface area contributed by atoms with Crippen molar-refractivity contribution in [3.8, 4) is 11.5 Å². The van der Waals surface area contributed by atoms with Gasteiger partial charge in [0.25, 0.3) is 5.89 Å². The molecule has 140 valence electrons. The minimum absolute atomic E-state index is 0.0650. The van der Waals surface area contributed by atoms with Crippen molar-refractivity contribution in [2.24, 2.45) is 0 Å². The SMILES string of the molecule is C[C@@H](OC(=O)CNS(=O)(=O)c1ccccc1)c1nnc(-c2ccccc2)o1. The molecule has 1 heterocycles. The van der Waals surface area contributed by atoms with Gasteiger partial charge < -0.3 is 9.15 Å². The summed E-state index contributed by atoms with van der Waals surface area (Å²) in [5, 5.41) is 7.79. The molecule has 0 unspecified atom stereocenters. The van der Waals surface area contributed by atoms with Crippen LogP contribution in [0.25, 0.3) is 11.5 Å². The second kappa shape index (κ2) is 8.11. The molecular weight excluding hydrogens is 370 g/mol. The number of sulfonamides is 1. The van der Waals surface area contributed by atoms with Crippen molar-refractivity contribution >= 4 is 16.0 Å². The van der Waals surface area contributed by atoms with Crippen LogP contribution >= 0.6 is 0 Å². The topological polar surface area (TPSA) is 111 Å². The first-order valence-corrected chi connectivity index (χ1v) is 9.57. The number of aromatic nitrogens is 2. The average molecular weight is 387 g/mol. The first-order chi connectivity index (χ1) is 13.0. The van der Waals surface area contributed by atoms with E-state index in [1.807, 2.05) is 30.3 Å². The average Bonchev–Trinajstić information content (AvgIpc) is 3.18. The standard InChI is InChI=1S/C18H17N3O5S/c1-13(17-20-21-18(26-17)14-8-4-2-5-9-14)25-16(22)12-19-27(23,24)15-10-6-3-7-11-15/h2-11,13,19H,12H2,1H3/t13-/m1/s1. The summed E-state index contributed by atoms with van der Waals surface area (Å²) >= 11 is 0. The maximum absolute atomic E-state index is 12.1. The lowest BCUT2D eigenvalue weighted by Crippen LogP contribution is -2.31. The van der Waals surface area contributed by atoms with Gasteiger partial charge in [-0.05, 0) is 31.2 Å². The minimum atomic E-state index is -3.79. The molecular formula is C18H17N3O5S. The van der Waals surface area contributed by atoms with Crippen molar-refractivity contribution < 1.29 is 22.4 Å². The van der Waals surface area contributed by atoms with Crippen LogP contribution in [0.15, 0.2) is 70.0 Å². The molecule has 2 aromatic carbocycles. The van der Waals surface area contributed by atoms with E-state index >= 15 is 0 Å². The zero-order valence-electron chi connectivity index (χ0n) is 14.4. The summed E-state index contributed by atoms with van der Waals surface area (Å²) in [5.41, 5.74) is 0.741. The number of hydrogen-bond acceptors (Lipinski definition) is 7. The van der Waals surface area contributed by atoms with Crippen LogP contribution in [0, 0.1) is 0 Å². The van der Waals surface area contributed by atoms with Crippen LogP contribution in [0.2, 0.25) is 0 Å². The fraction of sp³-hybridized carbons (Fsp3) is 0.167. The Balaban J connectivity index is 1.57. The molecule has 9 heteroatoms. The number of nitrogens with zero attached hydrogens (tertiary/aromatic N) is 2. The summed E-state index contributed by atoms with van der Waals surface area (Å²) in [4.78, 5) is 12.0. The Morgan fingerprint density at radius 3 is 2.37 bits per heavy atom. The zero-order valence-corrected chi connectivity index (χ0v) is 15.2. The van der Waals surface area contributed by atoms with E-state index in [1.54, 1.807) is 25.1 Å². The number of carbonyl (C=O) groups excluding carboxylic acids is 1. The molecule has 0 saturated carbocycles. The molecule has 3 rings (SSSR count). The largest absolute Gasteiger partial charge is 0.452 e. The fourth-order valence-electron chi connectivity index (χ4n) is 2.22. The van der Waals surface area contributed by atoms with Gasteiger partial charge in [0.1, 0.15) is 6.54 Å². The maximum Gasteiger partial charge on any atom is 0.321 e. The van der Waals surface area contributed by atoms with Gasteiger partial charge in [-0.15, -0.1) is 10.2 Å². The van der Waals surface area contributed by atoms with E-state index in [9.17, 15) is 13.2 Å². The van der Waals surface area contributed by atoms with Gasteiger partial charge >= 0.3 is 5.97 Å². The molecule has 8 nitrogen and oxygen atoms in total. The van der Waals surface area contributed by atoms with Gasteiger partial charge in [-0.1, -0.05) is 36.4 Å². The molecule has 0 bridgehead atoms. The minimum Gasteiger partial charge on any atom is -0.452 e. The molecule has 0 aliphatic heterocycles. The van der Waals surface area contributed by atoms with Crippen molar-refractivity contribution in [3.05, 3.63) is 66.6 Å². The molecule has 1 aromatic heterocycles. The van der Waals surface area contributed by atoms with Crippen LogP contribution in [0.1, 0.15) is 18.9 Å². The molecule has 0 fully saturated rings. The predicted octanol–water partition coefficient (Wildman–Crippen LogP) is 2.32. The molecule has 1 atom stereocenters. The van der Waals surface area contributed by atoms with Crippen LogP contribution in [0.3, 0.4) is 0 Å². The van der Waals surface area contributed by atoms with E-state index in [2.05, 4.69) is 14.9 Å². The summed E-state index contributed by atoms with van der Waals surface area (Å²) in [7, 11) is -3.79. The van der Waals surface area contributed by atoms with Crippen molar-refractivity contribution in [2.45, 2.75) is 17.9 Å². The van der Waals surface area contributed by atoms with Crippen LogP contribution in [-0.4, -0.2) is 31.1 Å². The van der Waals surface area contributed by atoms with Crippen molar-refractivity contribution in [3.63, 3.8) is 0 Å². The van der Waals surface area contributed by atoms with Gasteiger partial charge in [0, 0.05) is 5.56 Å². The van der Waals surface area contributed by atoms with Gasteiger partial charge in [-0.2, -0.15) is 4.72 Å². The van der Waals surface area contributed by atoms with Crippen LogP contribution < -0.4 is 4.72 Å². The maximum atomic E-state index is 12.1. The smallest absolute Gasteiger partial charge is 0.321 e. The molecule has 27 heavy (non-hydrogen) atoms. The Kier molecular flexibility index (Phi) is 5.63. The van der Waals surface area contributed by atoms with Gasteiger partial charge in [-0.3, -0.25) is 4.79 Å². The third-order valence-corrected chi connectivity index (χ3v) is 4.99. The van der Waals surface area contributed by atoms with Gasteiger partial charge in [0.15, 0.2) is 6.10 Å². The highest BCUT2D eigenvalue weighted by Crippen LogP contribution is 2.22. The van der Waals surface area contributed by atoms with E-state index in [-0.39, 0.29) is 10.8 Å². The number of carbonyl (C=O) groups is 1. The lowest BCUT2D eigenvalue weighted by molar-refractivity contribution is -0.148. The summed E-state index contributed by atoms with van der Waals surface area (Å²) in [6.07, 6.45) is -0.816. The van der Waals surface area contributed by atoms with E-state index in [0.29, 0.717) is 5.89 Å². The highest BCUT2D eigenvalue weighted by molar-refractivity contribution is 7.89. The number of ether oxygens (including phenoxy) is 1. The van der Waals surface area contributed by atoms with Gasteiger partial charge in [0.2, 0.25) is 15.9 Å². The molecule has 1 N–H and O–H groups in total. The van der Waals surface area contributed by atoms with Crippen LogP contribution in [-0.2, 0) is 19.6 Å². The zero-order chi connectivity index (χ0) is 19.3. The van der Waals surface area contributed by atoms with Crippen molar-refractivity contribution in [2.75, 3.05) is 6.54 Å². The van der Waals surface area contributed by atoms with E-state index in [1.165, 1.54) is 12.1 Å². The Bertz CT molecular complexity index is 1000. The van der Waals surface area contributed by atoms with E-state index < -0.39 is 28.6 Å². The molecule has 0 saturated heterocycles. The summed E-state index contributed by atoms with van der Waals surface area (Å²) in [5.74, 6) is -0.340. The van der Waals surface area contributed by atoms with Gasteiger partial charge in [0.05, 0.1) is 4.90 Å². The lowest BCUT2D eigenvalue weighted by Gasteiger charge is -2.10. The molecule has 0 radical (unpaired) electrons. The van der Waals surface area contributed by atoms with Crippen LogP contribution in [0.4, 0.5) is 0 Å². The number of esters is 1. The number of benzene rings is 2. The summed E-state index contributed by atoms with van der Waals surface area (Å²) in [6.45, 7) is 1.05. The third kappa shape index (κ3) is 4.78. The second-order valence-electron chi connectivity index (χ2n) is 5.58. The molecule has 0 spiro atoms. The van der Waals surface area contributed by atoms with E-state index in [0.717, 1.165) is 5.56 Å². The summed E-state index contributed by atoms with van der Waals surface area (Å²) in [6, 6.07) is 16.9. The Morgan fingerprint density at radius 2 is 1.70 bits per heavy atom. The number of rotatable bonds is 7. The number of nitrogens with one attached hydrogen (secondary N) is 1. The normalized spacial score (nSPS) is 12.5. The Hall–Kier alpha value is -3.04. The molecule has 0 aliphatic rings. The van der Waals surface area contributed by atoms with Crippen LogP contribution in [0.5, 0.6) is 0 Å². The fourth-order valence-corrected chi connectivity index (χ4v) is 3.21. The molecule has 0 amide bonds. The first-order valence-electron chi connectivity index (χ1n) is 8.09. The highest BCUT2D eigenvalue weighted by atomic mass is 32.2. The molecule has 3 aromatic rings. The van der Waals surface area contributed by atoms with E-state index in [4.69, 9.17) is 9.15 Å². The third-order valence-electron chi connectivity index (χ3n) is 3.58. The summed E-state index contributed by atoms with van der Waals surface area (Å²) < 4.78 is 37.0. The lowest BCUT2D eigenvalue weighted by atomic mass is 10.2. The van der Waals surface area contributed by atoms with Crippen molar-refractivity contribution in [1.82, 2.24) is 14.9 Å². The number of hydrogen-bond donors (Lipinski definition) is 1. The quantitative estimate of drug-likeness (QED) is 0.619. The highest BCUT2D eigenvalue weighted by Gasteiger charge is 2.21. The monoisotopic (exact) mass is 387 g/mol. The van der Waals surface area contributed by atoms with Crippen molar-refractivity contribution in [1.29, 1.82) is 0 Å². The predicted molar refractivity (Wildman–Crippen MR) is 95.9 cm³/mol. The first kappa shape index (κ1) is 18.7. The Labute approximate surface area is 156 Å². The molecule has 0 aliphatic carbocycles. The van der Waals surface area contributed by atoms with Gasteiger partial charge in [-0.25, -0.2) is 8.42 Å².